The second kappa shape index (κ2) is 9.64. The van der Waals surface area contributed by atoms with Gasteiger partial charge in [-0.1, -0.05) is 30.3 Å². The molecule has 5 nitrogen and oxygen atoms in total. The lowest BCUT2D eigenvalue weighted by atomic mass is 10.0. The molecule has 5 heteroatoms. The Balaban J connectivity index is 1.68. The van der Waals surface area contributed by atoms with E-state index in [2.05, 4.69) is 22.8 Å². The number of hydrogen-bond donors (Lipinski definition) is 2. The maximum Gasteiger partial charge on any atom is 0.246 e. The molecule has 0 aliphatic carbocycles. The van der Waals surface area contributed by atoms with Crippen molar-refractivity contribution >= 4 is 17.3 Å². The van der Waals surface area contributed by atoms with Crippen molar-refractivity contribution in [2.24, 2.45) is 0 Å². The number of carbonyl (C=O) groups is 1. The van der Waals surface area contributed by atoms with Gasteiger partial charge >= 0.3 is 0 Å². The predicted molar refractivity (Wildman–Crippen MR) is 117 cm³/mol. The van der Waals surface area contributed by atoms with Crippen LogP contribution in [0.25, 0.3) is 0 Å². The lowest BCUT2D eigenvalue weighted by molar-refractivity contribution is -0.116. The number of rotatable bonds is 8. The Morgan fingerprint density at radius 1 is 0.897 bits per heavy atom. The van der Waals surface area contributed by atoms with E-state index >= 15 is 0 Å². The van der Waals surface area contributed by atoms with E-state index in [1.165, 1.54) is 5.56 Å². The fourth-order valence-electron chi connectivity index (χ4n) is 3.06. The average Bonchev–Trinajstić information content (AvgIpc) is 2.75. The van der Waals surface area contributed by atoms with Gasteiger partial charge in [0.05, 0.1) is 14.2 Å². The standard InChI is InChI=1S/C24H26N2O3/c1-17(24(27)26-20-9-12-22(28-2)13-10-20)25-21-11-14-23(29-3)19(16-21)15-18-7-5-4-6-8-18/h4-14,16-17,25H,15H2,1-3H3,(H,26,27). The zero-order valence-electron chi connectivity index (χ0n) is 16.9. The van der Waals surface area contributed by atoms with Crippen molar-refractivity contribution in [2.45, 2.75) is 19.4 Å². The van der Waals surface area contributed by atoms with Crippen LogP contribution in [-0.4, -0.2) is 26.2 Å². The molecule has 3 aromatic carbocycles. The zero-order valence-corrected chi connectivity index (χ0v) is 16.9. The van der Waals surface area contributed by atoms with E-state index in [-0.39, 0.29) is 5.91 Å². The molecule has 3 aromatic rings. The normalized spacial score (nSPS) is 11.4. The minimum atomic E-state index is -0.407. The van der Waals surface area contributed by atoms with Crippen LogP contribution >= 0.6 is 0 Å². The molecule has 0 fully saturated rings. The van der Waals surface area contributed by atoms with Gasteiger partial charge in [0.25, 0.3) is 0 Å². The van der Waals surface area contributed by atoms with Crippen molar-refractivity contribution in [3.05, 3.63) is 83.9 Å². The van der Waals surface area contributed by atoms with E-state index in [4.69, 9.17) is 9.47 Å². The van der Waals surface area contributed by atoms with Gasteiger partial charge in [-0.2, -0.15) is 0 Å². The highest BCUT2D eigenvalue weighted by Crippen LogP contribution is 2.26. The van der Waals surface area contributed by atoms with Crippen molar-refractivity contribution in [2.75, 3.05) is 24.9 Å². The summed E-state index contributed by atoms with van der Waals surface area (Å²) in [6.45, 7) is 1.83. The van der Waals surface area contributed by atoms with Gasteiger partial charge in [0, 0.05) is 23.4 Å². The van der Waals surface area contributed by atoms with Gasteiger partial charge < -0.3 is 20.1 Å². The molecule has 1 amide bonds. The molecule has 0 aromatic heterocycles. The van der Waals surface area contributed by atoms with Crippen LogP contribution in [0.1, 0.15) is 18.1 Å². The molecule has 0 aliphatic rings. The fourth-order valence-corrected chi connectivity index (χ4v) is 3.06. The third-order valence-corrected chi connectivity index (χ3v) is 4.65. The Morgan fingerprint density at radius 3 is 2.24 bits per heavy atom. The topological polar surface area (TPSA) is 59.6 Å². The van der Waals surface area contributed by atoms with E-state index in [9.17, 15) is 4.79 Å². The van der Waals surface area contributed by atoms with E-state index in [0.717, 1.165) is 34.9 Å². The summed E-state index contributed by atoms with van der Waals surface area (Å²) in [5, 5.41) is 6.18. The van der Waals surface area contributed by atoms with Crippen molar-refractivity contribution in [3.8, 4) is 11.5 Å². The van der Waals surface area contributed by atoms with E-state index in [1.54, 1.807) is 14.2 Å². The van der Waals surface area contributed by atoms with Crippen molar-refractivity contribution in [1.82, 2.24) is 0 Å². The lowest BCUT2D eigenvalue weighted by Crippen LogP contribution is -2.31. The lowest BCUT2D eigenvalue weighted by Gasteiger charge is -2.17. The van der Waals surface area contributed by atoms with Crippen LogP contribution in [0.2, 0.25) is 0 Å². The number of anilines is 2. The summed E-state index contributed by atoms with van der Waals surface area (Å²) in [4.78, 5) is 12.5. The summed E-state index contributed by atoms with van der Waals surface area (Å²) in [5.41, 5.74) is 3.86. The number of ether oxygens (including phenoxy) is 2. The first-order valence-electron chi connectivity index (χ1n) is 9.51. The molecule has 0 radical (unpaired) electrons. The summed E-state index contributed by atoms with van der Waals surface area (Å²) in [5.74, 6) is 1.46. The van der Waals surface area contributed by atoms with Gasteiger partial charge in [-0.15, -0.1) is 0 Å². The number of methoxy groups -OCH3 is 2. The largest absolute Gasteiger partial charge is 0.497 e. The van der Waals surface area contributed by atoms with Gasteiger partial charge in [0.2, 0.25) is 5.91 Å². The van der Waals surface area contributed by atoms with Crippen LogP contribution in [-0.2, 0) is 11.2 Å². The first kappa shape index (κ1) is 20.3. The fraction of sp³-hybridized carbons (Fsp3) is 0.208. The summed E-state index contributed by atoms with van der Waals surface area (Å²) < 4.78 is 10.6. The molecule has 150 valence electrons. The highest BCUT2D eigenvalue weighted by atomic mass is 16.5. The quantitative estimate of drug-likeness (QED) is 0.584. The zero-order chi connectivity index (χ0) is 20.6. The number of benzene rings is 3. The number of amides is 1. The van der Waals surface area contributed by atoms with Crippen molar-refractivity contribution < 1.29 is 14.3 Å². The average molecular weight is 390 g/mol. The number of nitrogens with one attached hydrogen (secondary N) is 2. The van der Waals surface area contributed by atoms with E-state index in [0.29, 0.717) is 0 Å². The monoisotopic (exact) mass is 390 g/mol. The smallest absolute Gasteiger partial charge is 0.246 e. The molecule has 1 atom stereocenters. The summed E-state index contributed by atoms with van der Waals surface area (Å²) in [7, 11) is 3.28. The molecule has 0 spiro atoms. The summed E-state index contributed by atoms with van der Waals surface area (Å²) in [6, 6.07) is 22.9. The molecular weight excluding hydrogens is 364 g/mol. The van der Waals surface area contributed by atoms with Gasteiger partial charge in [0.1, 0.15) is 17.5 Å². The Labute approximate surface area is 171 Å². The van der Waals surface area contributed by atoms with Crippen molar-refractivity contribution in [1.29, 1.82) is 0 Å². The Morgan fingerprint density at radius 2 is 1.59 bits per heavy atom. The van der Waals surface area contributed by atoms with Crippen molar-refractivity contribution in [3.63, 3.8) is 0 Å². The second-order valence-electron chi connectivity index (χ2n) is 6.77. The maximum absolute atomic E-state index is 12.5. The third kappa shape index (κ3) is 5.51. The molecular formula is C24H26N2O3. The minimum absolute atomic E-state index is 0.115. The second-order valence-corrected chi connectivity index (χ2v) is 6.77. The van der Waals surface area contributed by atoms with Gasteiger partial charge in [-0.3, -0.25) is 4.79 Å². The Hall–Kier alpha value is -3.47. The number of carbonyl (C=O) groups excluding carboxylic acids is 1. The van der Waals surface area contributed by atoms with Crippen LogP contribution in [0.3, 0.4) is 0 Å². The third-order valence-electron chi connectivity index (χ3n) is 4.65. The van der Waals surface area contributed by atoms with E-state index in [1.807, 2.05) is 67.6 Å². The van der Waals surface area contributed by atoms with Gasteiger partial charge in [-0.05, 0) is 55.0 Å². The van der Waals surface area contributed by atoms with Crippen LogP contribution in [0.5, 0.6) is 11.5 Å². The molecule has 0 saturated carbocycles. The minimum Gasteiger partial charge on any atom is -0.497 e. The van der Waals surface area contributed by atoms with Crippen LogP contribution in [0.4, 0.5) is 11.4 Å². The SMILES string of the molecule is COc1ccc(NC(=O)C(C)Nc2ccc(OC)c(Cc3ccccc3)c2)cc1. The Kier molecular flexibility index (Phi) is 6.74. The molecule has 0 heterocycles. The number of hydrogen-bond acceptors (Lipinski definition) is 4. The molecule has 29 heavy (non-hydrogen) atoms. The molecule has 0 aliphatic heterocycles. The van der Waals surface area contributed by atoms with Gasteiger partial charge in [0.15, 0.2) is 0 Å². The van der Waals surface area contributed by atoms with Crippen LogP contribution in [0.15, 0.2) is 72.8 Å². The maximum atomic E-state index is 12.5. The molecule has 0 saturated heterocycles. The highest BCUT2D eigenvalue weighted by molar-refractivity contribution is 5.96. The van der Waals surface area contributed by atoms with E-state index < -0.39 is 6.04 Å². The predicted octanol–water partition coefficient (Wildman–Crippen LogP) is 4.73. The highest BCUT2D eigenvalue weighted by Gasteiger charge is 2.14. The molecule has 2 N–H and O–H groups in total. The van der Waals surface area contributed by atoms with Gasteiger partial charge in [-0.25, -0.2) is 0 Å². The summed E-state index contributed by atoms with van der Waals surface area (Å²) in [6.07, 6.45) is 0.756. The molecule has 3 rings (SSSR count). The first-order chi connectivity index (χ1) is 14.1. The Bertz CT molecular complexity index is 940. The molecule has 1 unspecified atom stereocenters. The summed E-state index contributed by atoms with van der Waals surface area (Å²) >= 11 is 0. The first-order valence-corrected chi connectivity index (χ1v) is 9.51. The molecule has 0 bridgehead atoms. The van der Waals surface area contributed by atoms with Crippen LogP contribution < -0.4 is 20.1 Å². The van der Waals surface area contributed by atoms with Crippen LogP contribution in [0, 0.1) is 0 Å².